The van der Waals surface area contributed by atoms with Crippen molar-refractivity contribution < 1.29 is 12.8 Å². The number of imidazole rings is 1. The first-order valence-electron chi connectivity index (χ1n) is 12.5. The number of hydrogen-bond acceptors (Lipinski definition) is 5. The van der Waals surface area contributed by atoms with E-state index in [1.807, 2.05) is 6.92 Å². The summed E-state index contributed by atoms with van der Waals surface area (Å²) in [6.45, 7) is 2.17. The molecule has 2 aromatic carbocycles. The van der Waals surface area contributed by atoms with Crippen LogP contribution in [-0.4, -0.2) is 27.5 Å². The summed E-state index contributed by atoms with van der Waals surface area (Å²) in [5.74, 6) is -0.0201. The predicted molar refractivity (Wildman–Crippen MR) is 158 cm³/mol. The lowest BCUT2D eigenvalue weighted by Gasteiger charge is -2.11. The van der Waals surface area contributed by atoms with E-state index in [0.717, 1.165) is 16.6 Å². The summed E-state index contributed by atoms with van der Waals surface area (Å²) in [6.07, 6.45) is 1.85. The van der Waals surface area contributed by atoms with E-state index in [1.54, 1.807) is 60.0 Å². The van der Waals surface area contributed by atoms with Gasteiger partial charge in [-0.1, -0.05) is 43.7 Å². The second-order valence-electron chi connectivity index (χ2n) is 9.23. The number of hydrogen-bond donors (Lipinski definition) is 2. The number of fused-ring (bicyclic) bond motifs is 1. The molecular weight excluding hydrogens is 621 g/mol. The first-order valence-corrected chi connectivity index (χ1v) is 17.1. The molecule has 5 rings (SSSR count). The Labute approximate surface area is 239 Å². The summed E-state index contributed by atoms with van der Waals surface area (Å²) in [6, 6.07) is 16.1. The molecule has 3 aromatic heterocycles. The van der Waals surface area contributed by atoms with Crippen LogP contribution in [0.4, 0.5) is 10.1 Å². The van der Waals surface area contributed by atoms with Crippen LogP contribution in [0, 0.1) is 5.82 Å². The summed E-state index contributed by atoms with van der Waals surface area (Å²) < 4.78 is 45.0. The fraction of sp³-hybridized carbons (Fsp3) is 0.222. The normalized spacial score (nSPS) is 12.2. The van der Waals surface area contributed by atoms with Crippen LogP contribution in [0.5, 0.6) is 0 Å². The van der Waals surface area contributed by atoms with Gasteiger partial charge in [-0.05, 0) is 36.2 Å². The molecule has 0 spiro atoms. The quantitative estimate of drug-likeness (QED) is 0.203. The second-order valence-corrected chi connectivity index (χ2v) is 14.5. The third-order valence-corrected chi connectivity index (χ3v) is 12.0. The number of halogens is 2. The molecule has 0 aliphatic carbocycles. The molecule has 40 heavy (non-hydrogen) atoms. The minimum atomic E-state index is -3.70. The first kappa shape index (κ1) is 28.0. The number of H-pyrrole nitrogens is 1. The van der Waals surface area contributed by atoms with Gasteiger partial charge in [-0.15, -0.1) is 0 Å². The molecule has 0 fully saturated rings. The molecule has 0 bridgehead atoms. The van der Waals surface area contributed by atoms with Crippen molar-refractivity contribution in [1.29, 1.82) is 0 Å². The average Bonchev–Trinajstić information content (AvgIpc) is 3.55. The lowest BCUT2D eigenvalue weighted by atomic mass is 10.1. The highest BCUT2D eigenvalue weighted by Crippen LogP contribution is 2.35. The number of sulfonamides is 1. The van der Waals surface area contributed by atoms with Crippen LogP contribution in [0.25, 0.3) is 11.2 Å². The molecule has 0 saturated carbocycles. The van der Waals surface area contributed by atoms with Gasteiger partial charge in [-0.3, -0.25) is 18.7 Å². The summed E-state index contributed by atoms with van der Waals surface area (Å²) in [5, 5.41) is 1.77. The van der Waals surface area contributed by atoms with E-state index in [-0.39, 0.29) is 27.5 Å². The predicted octanol–water partition coefficient (Wildman–Crippen LogP) is 5.17. The van der Waals surface area contributed by atoms with Gasteiger partial charge in [0.25, 0.3) is 24.6 Å². The molecule has 0 saturated heterocycles. The number of anilines is 1. The highest BCUT2D eigenvalue weighted by molar-refractivity contribution is 9.34. The zero-order valence-corrected chi connectivity index (χ0v) is 24.7. The zero-order chi connectivity index (χ0) is 28.4. The van der Waals surface area contributed by atoms with Crippen molar-refractivity contribution in [1.82, 2.24) is 19.1 Å². The second kappa shape index (κ2) is 11.5. The van der Waals surface area contributed by atoms with Gasteiger partial charge in [0.05, 0.1) is 15.4 Å². The number of rotatable bonds is 10. The number of aromatic amines is 1. The summed E-state index contributed by atoms with van der Waals surface area (Å²) in [4.78, 5) is 34.3. The van der Waals surface area contributed by atoms with E-state index in [1.165, 1.54) is 10.6 Å². The molecule has 0 aliphatic heterocycles. The lowest BCUT2D eigenvalue weighted by molar-refractivity contribution is 0.553. The minimum absolute atomic E-state index is 0.176. The Hall–Kier alpha value is -3.55. The maximum Gasteiger partial charge on any atom is 0.333 e. The van der Waals surface area contributed by atoms with E-state index in [0.29, 0.717) is 30.9 Å². The largest absolute Gasteiger partial charge is 0.336 e. The van der Waals surface area contributed by atoms with Crippen molar-refractivity contribution in [2.24, 2.45) is 0 Å². The molecule has 0 aliphatic rings. The Morgan fingerprint density at radius 2 is 1.80 bits per heavy atom. The smallest absolute Gasteiger partial charge is 0.333 e. The standard InChI is InChI=1S/C27H25BrFN5O4S2/c1-2-3-14-33-25-24(26(35)34(27(33)36)17-19-7-4-5-8-21(19)29)30-22(31-25)16-18-10-12-20(13-11-18)32-40(37,38)23-9-6-15-39(23)28/h4-13,15,32H,2-3,14,16-17H2,1H3/p+1. The molecule has 0 radical (unpaired) electrons. The number of benzene rings is 2. The monoisotopic (exact) mass is 646 g/mol. The first-order chi connectivity index (χ1) is 19.2. The van der Waals surface area contributed by atoms with Crippen molar-refractivity contribution in [3.8, 4) is 0 Å². The van der Waals surface area contributed by atoms with Crippen molar-refractivity contribution in [2.45, 2.75) is 43.5 Å². The van der Waals surface area contributed by atoms with Crippen LogP contribution in [0.2, 0.25) is 0 Å². The lowest BCUT2D eigenvalue weighted by Crippen LogP contribution is -2.40. The fourth-order valence-corrected chi connectivity index (χ4v) is 9.11. The van der Waals surface area contributed by atoms with Crippen LogP contribution in [0.1, 0.15) is 36.7 Å². The average molecular weight is 648 g/mol. The van der Waals surface area contributed by atoms with Crippen LogP contribution in [-0.2, 0) is 29.5 Å². The summed E-state index contributed by atoms with van der Waals surface area (Å²) in [7, 11) is -4.35. The van der Waals surface area contributed by atoms with Gasteiger partial charge in [-0.25, -0.2) is 14.2 Å². The van der Waals surface area contributed by atoms with E-state index >= 15 is 0 Å². The molecule has 0 amide bonds. The number of aryl methyl sites for hydroxylation is 1. The topological polar surface area (TPSA) is 119 Å². The Kier molecular flexibility index (Phi) is 8.06. The van der Waals surface area contributed by atoms with Gasteiger partial charge in [0.2, 0.25) is 0 Å². The van der Waals surface area contributed by atoms with Gasteiger partial charge in [0.15, 0.2) is 11.0 Å². The van der Waals surface area contributed by atoms with Crippen molar-refractivity contribution in [2.75, 3.05) is 4.72 Å². The third kappa shape index (κ3) is 5.67. The van der Waals surface area contributed by atoms with Gasteiger partial charge >= 0.3 is 15.7 Å². The molecule has 1 unspecified atom stereocenters. The number of nitrogens with one attached hydrogen (secondary N) is 2. The fourth-order valence-electron chi connectivity index (χ4n) is 4.36. The van der Waals surface area contributed by atoms with Gasteiger partial charge in [0, 0.05) is 30.3 Å². The van der Waals surface area contributed by atoms with Crippen LogP contribution in [0.15, 0.2) is 79.8 Å². The van der Waals surface area contributed by atoms with E-state index < -0.39 is 36.0 Å². The Morgan fingerprint density at radius 1 is 1.05 bits per heavy atom. The molecule has 2 N–H and O–H groups in total. The Balaban J connectivity index is 1.45. The highest BCUT2D eigenvalue weighted by atomic mass is 79.9. The number of aromatic nitrogens is 4. The SMILES string of the molecule is CCCCn1c(=O)n(Cc2ccccc2F)c(=O)c2[nH]c(Cc3ccc(NS(=O)(=O)c4ccc[s+]4Br)cc3)nc21. The number of unbranched alkanes of at least 4 members (excludes halogenated alkanes) is 1. The van der Waals surface area contributed by atoms with Crippen LogP contribution in [0.3, 0.4) is 0 Å². The van der Waals surface area contributed by atoms with Gasteiger partial charge in [-0.2, -0.15) is 8.42 Å². The van der Waals surface area contributed by atoms with Crippen molar-refractivity contribution in [3.63, 3.8) is 0 Å². The molecule has 9 nitrogen and oxygen atoms in total. The summed E-state index contributed by atoms with van der Waals surface area (Å²) >= 11 is 3.35. The molecule has 3 heterocycles. The third-order valence-electron chi connectivity index (χ3n) is 6.40. The van der Waals surface area contributed by atoms with Crippen molar-refractivity contribution in [3.05, 3.63) is 110 Å². The molecule has 5 aromatic rings. The Morgan fingerprint density at radius 3 is 2.48 bits per heavy atom. The maximum absolute atomic E-state index is 14.3. The molecule has 1 atom stereocenters. The van der Waals surface area contributed by atoms with Gasteiger partial charge in [0.1, 0.15) is 17.2 Å². The van der Waals surface area contributed by atoms with Crippen LogP contribution >= 0.6 is 23.7 Å². The Bertz CT molecular complexity index is 1910. The van der Waals surface area contributed by atoms with Gasteiger partial charge < -0.3 is 4.98 Å². The summed E-state index contributed by atoms with van der Waals surface area (Å²) in [5.41, 5.74) is 0.800. The highest BCUT2D eigenvalue weighted by Gasteiger charge is 2.26. The number of thiophene rings is 1. The van der Waals surface area contributed by atoms with E-state index in [9.17, 15) is 22.4 Å². The van der Waals surface area contributed by atoms with E-state index in [2.05, 4.69) is 29.5 Å². The molecule has 13 heteroatoms. The van der Waals surface area contributed by atoms with Crippen molar-refractivity contribution >= 4 is 50.6 Å². The maximum atomic E-state index is 14.3. The molecular formula is C27H26BrFN5O4S2+. The minimum Gasteiger partial charge on any atom is -0.336 e. The van der Waals surface area contributed by atoms with E-state index in [4.69, 9.17) is 0 Å². The molecule has 208 valence electrons. The number of nitrogens with zero attached hydrogens (tertiary/aromatic N) is 3. The van der Waals surface area contributed by atoms with Crippen LogP contribution < -0.4 is 16.0 Å². The zero-order valence-electron chi connectivity index (χ0n) is 21.4.